The lowest BCUT2D eigenvalue weighted by molar-refractivity contribution is 0.0870. The molecule has 3 rings (SSSR count). The zero-order chi connectivity index (χ0) is 14.0. The van der Waals surface area contributed by atoms with Gasteiger partial charge in [-0.25, -0.2) is 4.68 Å². The SMILES string of the molecule is C[C@@H]1CCO[P@@](=O)([C@H](Nn2cnnc2)c2ccco2)O1. The number of nitrogens with zero attached hydrogens (tertiary/aromatic N) is 3. The Bertz CT molecular complexity index is 586. The van der Waals surface area contributed by atoms with Crippen LogP contribution in [-0.2, 0) is 13.6 Å². The van der Waals surface area contributed by atoms with Gasteiger partial charge in [-0.3, -0.25) is 4.57 Å². The van der Waals surface area contributed by atoms with Crippen LogP contribution >= 0.6 is 7.60 Å². The lowest BCUT2D eigenvalue weighted by Gasteiger charge is -2.32. The lowest BCUT2D eigenvalue weighted by Crippen LogP contribution is -2.26. The summed E-state index contributed by atoms with van der Waals surface area (Å²) in [5, 5.41) is 7.38. The molecule has 20 heavy (non-hydrogen) atoms. The molecule has 1 saturated heterocycles. The number of hydrogen-bond acceptors (Lipinski definition) is 7. The largest absolute Gasteiger partial charge is 0.466 e. The molecule has 0 aromatic carbocycles. The van der Waals surface area contributed by atoms with Crippen LogP contribution in [0.3, 0.4) is 0 Å². The van der Waals surface area contributed by atoms with Gasteiger partial charge in [0.25, 0.3) is 0 Å². The van der Waals surface area contributed by atoms with E-state index in [4.69, 9.17) is 13.5 Å². The highest BCUT2D eigenvalue weighted by atomic mass is 31.2. The van der Waals surface area contributed by atoms with E-state index in [9.17, 15) is 4.57 Å². The molecule has 9 heteroatoms. The summed E-state index contributed by atoms with van der Waals surface area (Å²) in [5.74, 6) is -0.285. The normalized spacial score (nSPS) is 28.1. The fourth-order valence-corrected chi connectivity index (χ4v) is 3.99. The van der Waals surface area contributed by atoms with Crippen LogP contribution in [0.1, 0.15) is 24.9 Å². The Labute approximate surface area is 115 Å². The molecule has 3 heterocycles. The molecular weight excluding hydrogens is 283 g/mol. The van der Waals surface area contributed by atoms with Gasteiger partial charge in [-0.05, 0) is 25.5 Å². The molecule has 1 fully saturated rings. The van der Waals surface area contributed by atoms with E-state index >= 15 is 0 Å². The van der Waals surface area contributed by atoms with Crippen molar-refractivity contribution in [2.45, 2.75) is 25.2 Å². The van der Waals surface area contributed by atoms with Crippen LogP contribution < -0.4 is 5.43 Å². The van der Waals surface area contributed by atoms with Crippen LogP contribution in [0, 0.1) is 0 Å². The average molecular weight is 298 g/mol. The van der Waals surface area contributed by atoms with Crippen molar-refractivity contribution in [3.8, 4) is 0 Å². The van der Waals surface area contributed by atoms with Crippen LogP contribution in [0.25, 0.3) is 0 Å². The van der Waals surface area contributed by atoms with Crippen LogP contribution in [0.5, 0.6) is 0 Å². The molecule has 0 amide bonds. The lowest BCUT2D eigenvalue weighted by atomic mass is 10.3. The van der Waals surface area contributed by atoms with Crippen LogP contribution in [0.4, 0.5) is 0 Å². The molecule has 108 valence electrons. The molecule has 2 aromatic heterocycles. The number of aromatic nitrogens is 3. The fourth-order valence-electron chi connectivity index (χ4n) is 1.96. The predicted octanol–water partition coefficient (Wildman–Crippen LogP) is 2.13. The van der Waals surface area contributed by atoms with E-state index < -0.39 is 13.4 Å². The van der Waals surface area contributed by atoms with Crippen molar-refractivity contribution in [1.82, 2.24) is 14.9 Å². The Kier molecular flexibility index (Phi) is 3.60. The van der Waals surface area contributed by atoms with Crippen LogP contribution in [0.2, 0.25) is 0 Å². The predicted molar refractivity (Wildman–Crippen MR) is 69.6 cm³/mol. The zero-order valence-corrected chi connectivity index (χ0v) is 11.8. The van der Waals surface area contributed by atoms with Crippen molar-refractivity contribution >= 4 is 7.60 Å². The zero-order valence-electron chi connectivity index (χ0n) is 10.9. The van der Waals surface area contributed by atoms with Gasteiger partial charge in [-0.15, -0.1) is 10.2 Å². The van der Waals surface area contributed by atoms with Crippen molar-refractivity contribution in [3.05, 3.63) is 36.8 Å². The standard InChI is InChI=1S/C11H15N4O4P/c1-9-4-6-18-20(16,19-9)11(10-3-2-5-17-10)14-15-7-12-13-8-15/h2-3,5,7-9,11,14H,4,6H2,1H3/t9-,11+,20+/m1/s1. The van der Waals surface area contributed by atoms with Crippen molar-refractivity contribution in [3.63, 3.8) is 0 Å². The average Bonchev–Trinajstić information content (AvgIpc) is 3.09. The number of hydrogen-bond donors (Lipinski definition) is 1. The third kappa shape index (κ3) is 2.63. The first-order valence-corrected chi connectivity index (χ1v) is 7.86. The van der Waals surface area contributed by atoms with Crippen molar-refractivity contribution < 1.29 is 18.0 Å². The van der Waals surface area contributed by atoms with Crippen molar-refractivity contribution in [2.75, 3.05) is 12.0 Å². The van der Waals surface area contributed by atoms with E-state index in [1.165, 1.54) is 23.6 Å². The summed E-state index contributed by atoms with van der Waals surface area (Å²) in [5.41, 5.74) is 2.98. The maximum absolute atomic E-state index is 12.9. The van der Waals surface area contributed by atoms with Gasteiger partial charge in [0.15, 0.2) is 0 Å². The summed E-state index contributed by atoms with van der Waals surface area (Å²) in [6, 6.07) is 3.43. The highest BCUT2D eigenvalue weighted by Gasteiger charge is 2.43. The molecule has 1 aliphatic heterocycles. The van der Waals surface area contributed by atoms with Gasteiger partial charge in [-0.2, -0.15) is 0 Å². The molecule has 0 aliphatic carbocycles. The maximum atomic E-state index is 12.9. The molecule has 2 aromatic rings. The summed E-state index contributed by atoms with van der Waals surface area (Å²) < 4.78 is 30.8. The second kappa shape index (κ2) is 5.40. The molecule has 0 spiro atoms. The Morgan fingerprint density at radius 3 is 2.95 bits per heavy atom. The van der Waals surface area contributed by atoms with Gasteiger partial charge in [0.05, 0.1) is 19.0 Å². The number of rotatable bonds is 4. The summed E-state index contributed by atoms with van der Waals surface area (Å²) in [7, 11) is -3.39. The summed E-state index contributed by atoms with van der Waals surface area (Å²) in [6.45, 7) is 2.26. The molecule has 0 bridgehead atoms. The van der Waals surface area contributed by atoms with E-state index in [2.05, 4.69) is 15.6 Å². The van der Waals surface area contributed by atoms with Gasteiger partial charge in [0.1, 0.15) is 18.4 Å². The molecule has 1 aliphatic rings. The monoisotopic (exact) mass is 298 g/mol. The quantitative estimate of drug-likeness (QED) is 0.864. The summed E-state index contributed by atoms with van der Waals surface area (Å²) in [4.78, 5) is 0. The molecular formula is C11H15N4O4P. The molecule has 3 atom stereocenters. The van der Waals surface area contributed by atoms with Crippen molar-refractivity contribution in [1.29, 1.82) is 0 Å². The van der Waals surface area contributed by atoms with Gasteiger partial charge in [0.2, 0.25) is 5.78 Å². The third-order valence-corrected chi connectivity index (χ3v) is 5.14. The van der Waals surface area contributed by atoms with E-state index in [0.717, 1.165) is 0 Å². The Balaban J connectivity index is 1.91. The summed E-state index contributed by atoms with van der Waals surface area (Å²) >= 11 is 0. The fraction of sp³-hybridized carbons (Fsp3) is 0.455. The number of furan rings is 1. The molecule has 0 radical (unpaired) electrons. The Morgan fingerprint density at radius 1 is 1.50 bits per heavy atom. The minimum Gasteiger partial charge on any atom is -0.466 e. The highest BCUT2D eigenvalue weighted by molar-refractivity contribution is 7.54. The van der Waals surface area contributed by atoms with Gasteiger partial charge < -0.3 is 18.9 Å². The maximum Gasteiger partial charge on any atom is 0.362 e. The smallest absolute Gasteiger partial charge is 0.362 e. The van der Waals surface area contributed by atoms with Gasteiger partial charge in [-0.1, -0.05) is 0 Å². The molecule has 0 unspecified atom stereocenters. The van der Waals surface area contributed by atoms with Gasteiger partial charge in [0, 0.05) is 0 Å². The second-order valence-corrected chi connectivity index (χ2v) is 6.56. The first-order valence-electron chi connectivity index (χ1n) is 6.24. The molecule has 1 N–H and O–H groups in total. The molecule has 8 nitrogen and oxygen atoms in total. The van der Waals surface area contributed by atoms with Crippen LogP contribution in [0.15, 0.2) is 35.5 Å². The minimum atomic E-state index is -3.39. The van der Waals surface area contributed by atoms with E-state index in [0.29, 0.717) is 18.8 Å². The third-order valence-electron chi connectivity index (χ3n) is 2.94. The van der Waals surface area contributed by atoms with E-state index in [1.807, 2.05) is 6.92 Å². The first kappa shape index (κ1) is 13.4. The highest BCUT2D eigenvalue weighted by Crippen LogP contribution is 2.62. The minimum absolute atomic E-state index is 0.130. The van der Waals surface area contributed by atoms with E-state index in [1.54, 1.807) is 12.1 Å². The topological polar surface area (TPSA) is 91.4 Å². The van der Waals surface area contributed by atoms with Crippen LogP contribution in [-0.4, -0.2) is 27.6 Å². The summed E-state index contributed by atoms with van der Waals surface area (Å²) in [6.07, 6.45) is 5.00. The first-order chi connectivity index (χ1) is 9.67. The Hall–Kier alpha value is -1.63. The Morgan fingerprint density at radius 2 is 2.30 bits per heavy atom. The van der Waals surface area contributed by atoms with Gasteiger partial charge >= 0.3 is 7.60 Å². The molecule has 0 saturated carbocycles. The van der Waals surface area contributed by atoms with E-state index in [-0.39, 0.29) is 6.10 Å². The van der Waals surface area contributed by atoms with Crippen molar-refractivity contribution in [2.24, 2.45) is 0 Å². The number of nitrogens with one attached hydrogen (secondary N) is 1. The second-order valence-electron chi connectivity index (χ2n) is 4.49.